The number of aromatic nitrogens is 3. The lowest BCUT2D eigenvalue weighted by atomic mass is 10.3. The van der Waals surface area contributed by atoms with Gasteiger partial charge in [-0.15, -0.1) is 5.10 Å². The number of hydrogen-bond donors (Lipinski definition) is 1. The maximum absolute atomic E-state index is 5.31. The molecule has 2 fully saturated rings. The maximum atomic E-state index is 5.31. The van der Waals surface area contributed by atoms with Crippen molar-refractivity contribution in [3.63, 3.8) is 0 Å². The van der Waals surface area contributed by atoms with Gasteiger partial charge in [-0.3, -0.25) is 9.47 Å². The molecule has 1 N–H and O–H groups in total. The molecule has 1 aliphatic carbocycles. The molecule has 0 radical (unpaired) electrons. The van der Waals surface area contributed by atoms with Gasteiger partial charge < -0.3 is 4.90 Å². The van der Waals surface area contributed by atoms with Gasteiger partial charge in [0.25, 0.3) is 0 Å². The molecule has 0 unspecified atom stereocenters. The molecule has 0 atom stereocenters. The fourth-order valence-corrected chi connectivity index (χ4v) is 3.12. The van der Waals surface area contributed by atoms with E-state index < -0.39 is 0 Å². The highest BCUT2D eigenvalue weighted by atomic mass is 32.1. The Bertz CT molecular complexity index is 479. The Hall–Kier alpha value is -0.880. The van der Waals surface area contributed by atoms with E-state index in [1.54, 1.807) is 0 Å². The molecule has 1 saturated heterocycles. The summed E-state index contributed by atoms with van der Waals surface area (Å²) in [5.41, 5.74) is 0. The van der Waals surface area contributed by atoms with E-state index in [1.807, 2.05) is 0 Å². The third-order valence-corrected chi connectivity index (χ3v) is 4.36. The quantitative estimate of drug-likeness (QED) is 0.858. The second-order valence-corrected chi connectivity index (χ2v) is 6.41. The van der Waals surface area contributed by atoms with Crippen molar-refractivity contribution in [1.82, 2.24) is 19.7 Å². The average molecular weight is 281 g/mol. The molecule has 2 aliphatic rings. The summed E-state index contributed by atoms with van der Waals surface area (Å²) >= 11 is 5.31. The van der Waals surface area contributed by atoms with E-state index in [4.69, 9.17) is 12.2 Å². The predicted molar refractivity (Wildman–Crippen MR) is 79.2 cm³/mol. The Kier molecular flexibility index (Phi) is 3.62. The summed E-state index contributed by atoms with van der Waals surface area (Å²) < 4.78 is 2.84. The molecule has 5 nitrogen and oxygen atoms in total. The lowest BCUT2D eigenvalue weighted by Crippen LogP contribution is -2.47. The van der Waals surface area contributed by atoms with E-state index in [-0.39, 0.29) is 0 Å². The van der Waals surface area contributed by atoms with E-state index >= 15 is 0 Å². The van der Waals surface area contributed by atoms with E-state index in [0.717, 1.165) is 42.8 Å². The Morgan fingerprint density at radius 2 is 1.95 bits per heavy atom. The second kappa shape index (κ2) is 5.25. The van der Waals surface area contributed by atoms with Gasteiger partial charge in [-0.05, 0) is 44.8 Å². The van der Waals surface area contributed by atoms with Crippen LogP contribution in [0.3, 0.4) is 0 Å². The molecular weight excluding hydrogens is 258 g/mol. The van der Waals surface area contributed by atoms with Gasteiger partial charge >= 0.3 is 0 Å². The van der Waals surface area contributed by atoms with E-state index in [2.05, 4.69) is 38.4 Å². The first-order chi connectivity index (χ1) is 9.15. The topological polar surface area (TPSA) is 40.1 Å². The maximum Gasteiger partial charge on any atom is 0.226 e. The highest BCUT2D eigenvalue weighted by Gasteiger charge is 2.27. The first-order valence-corrected chi connectivity index (χ1v) is 7.70. The summed E-state index contributed by atoms with van der Waals surface area (Å²) in [5.74, 6) is 1.99. The molecule has 0 aromatic carbocycles. The molecule has 106 valence electrons. The number of H-pyrrole nitrogens is 1. The van der Waals surface area contributed by atoms with Crippen molar-refractivity contribution in [2.45, 2.75) is 32.7 Å². The number of piperazine rings is 1. The number of nitrogens with zero attached hydrogens (tertiary/aromatic N) is 4. The Morgan fingerprint density at radius 3 is 2.53 bits per heavy atom. The first-order valence-electron chi connectivity index (χ1n) is 7.29. The largest absolute Gasteiger partial charge is 0.338 e. The SMILES string of the molecule is CC(C)n1c(N2CCN(CC3CC3)CC2)n[nH]c1=S. The molecular formula is C13H23N5S. The minimum Gasteiger partial charge on any atom is -0.338 e. The van der Waals surface area contributed by atoms with Gasteiger partial charge in [-0.25, -0.2) is 5.10 Å². The van der Waals surface area contributed by atoms with E-state index in [9.17, 15) is 0 Å². The van der Waals surface area contributed by atoms with Gasteiger partial charge in [-0.2, -0.15) is 0 Å². The molecule has 2 heterocycles. The highest BCUT2D eigenvalue weighted by molar-refractivity contribution is 7.71. The summed E-state index contributed by atoms with van der Waals surface area (Å²) in [6.45, 7) is 10.0. The van der Waals surface area contributed by atoms with Gasteiger partial charge in [0.15, 0.2) is 4.77 Å². The number of aromatic amines is 1. The third kappa shape index (κ3) is 2.84. The number of nitrogens with one attached hydrogen (secondary N) is 1. The zero-order chi connectivity index (χ0) is 13.4. The molecule has 1 aromatic rings. The third-order valence-electron chi connectivity index (χ3n) is 4.07. The molecule has 19 heavy (non-hydrogen) atoms. The van der Waals surface area contributed by atoms with Crippen molar-refractivity contribution in [1.29, 1.82) is 0 Å². The lowest BCUT2D eigenvalue weighted by molar-refractivity contribution is 0.246. The molecule has 3 rings (SSSR count). The Labute approximate surface area is 119 Å². The van der Waals surface area contributed by atoms with Crippen LogP contribution in [0.4, 0.5) is 5.95 Å². The fraction of sp³-hybridized carbons (Fsp3) is 0.846. The van der Waals surface area contributed by atoms with Crippen LogP contribution in [-0.2, 0) is 0 Å². The van der Waals surface area contributed by atoms with Gasteiger partial charge in [0, 0.05) is 38.8 Å². The molecule has 6 heteroatoms. The summed E-state index contributed by atoms with van der Waals surface area (Å²) in [5, 5.41) is 7.34. The van der Waals surface area contributed by atoms with Crippen LogP contribution >= 0.6 is 12.2 Å². The van der Waals surface area contributed by atoms with Crippen LogP contribution in [0.25, 0.3) is 0 Å². The minimum atomic E-state index is 0.353. The standard InChI is InChI=1S/C13H23N5S/c1-10(2)18-12(14-15-13(18)19)17-7-5-16(6-8-17)9-11-3-4-11/h10-11H,3-9H2,1-2H3,(H,15,19). The van der Waals surface area contributed by atoms with Crippen LogP contribution in [0.15, 0.2) is 0 Å². The summed E-state index contributed by atoms with van der Waals surface area (Å²) in [7, 11) is 0. The lowest BCUT2D eigenvalue weighted by Gasteiger charge is -2.35. The van der Waals surface area contributed by atoms with E-state index in [1.165, 1.54) is 19.4 Å². The van der Waals surface area contributed by atoms with Crippen LogP contribution in [0.5, 0.6) is 0 Å². The molecule has 1 aromatic heterocycles. The summed E-state index contributed by atoms with van der Waals surface area (Å²) in [6, 6.07) is 0.353. The monoisotopic (exact) mass is 281 g/mol. The van der Waals surface area contributed by atoms with Crippen molar-refractivity contribution >= 4 is 18.2 Å². The number of rotatable bonds is 4. The van der Waals surface area contributed by atoms with Gasteiger partial charge in [0.2, 0.25) is 5.95 Å². The van der Waals surface area contributed by atoms with Crippen molar-refractivity contribution in [3.8, 4) is 0 Å². The van der Waals surface area contributed by atoms with Crippen LogP contribution in [-0.4, -0.2) is 52.4 Å². The summed E-state index contributed by atoms with van der Waals surface area (Å²) in [6.07, 6.45) is 2.87. The highest BCUT2D eigenvalue weighted by Crippen LogP contribution is 2.30. The number of anilines is 1. The molecule has 1 aliphatic heterocycles. The van der Waals surface area contributed by atoms with Gasteiger partial charge in [0.05, 0.1) is 0 Å². The average Bonchev–Trinajstić information content (AvgIpc) is 3.10. The smallest absolute Gasteiger partial charge is 0.226 e. The normalized spacial score (nSPS) is 21.3. The zero-order valence-corrected chi connectivity index (χ0v) is 12.6. The minimum absolute atomic E-state index is 0.353. The number of hydrogen-bond acceptors (Lipinski definition) is 4. The van der Waals surface area contributed by atoms with Crippen LogP contribution in [0.1, 0.15) is 32.7 Å². The Morgan fingerprint density at radius 1 is 1.26 bits per heavy atom. The van der Waals surface area contributed by atoms with Crippen molar-refractivity contribution < 1.29 is 0 Å². The first kappa shape index (κ1) is 13.1. The fourth-order valence-electron chi connectivity index (χ4n) is 2.78. The Balaban J connectivity index is 1.65. The van der Waals surface area contributed by atoms with Crippen molar-refractivity contribution in [3.05, 3.63) is 4.77 Å². The second-order valence-electron chi connectivity index (χ2n) is 6.02. The predicted octanol–water partition coefficient (Wildman–Crippen LogP) is 2.05. The molecule has 0 bridgehead atoms. The molecule has 1 saturated carbocycles. The van der Waals surface area contributed by atoms with Gasteiger partial charge in [0.1, 0.15) is 0 Å². The molecule has 0 amide bonds. The van der Waals surface area contributed by atoms with Gasteiger partial charge in [-0.1, -0.05) is 0 Å². The van der Waals surface area contributed by atoms with Crippen molar-refractivity contribution in [2.24, 2.45) is 5.92 Å². The van der Waals surface area contributed by atoms with Crippen molar-refractivity contribution in [2.75, 3.05) is 37.6 Å². The summed E-state index contributed by atoms with van der Waals surface area (Å²) in [4.78, 5) is 4.95. The molecule has 0 spiro atoms. The van der Waals surface area contributed by atoms with Crippen LogP contribution < -0.4 is 4.90 Å². The zero-order valence-electron chi connectivity index (χ0n) is 11.8. The van der Waals surface area contributed by atoms with Crippen LogP contribution in [0.2, 0.25) is 0 Å². The van der Waals surface area contributed by atoms with Crippen LogP contribution in [0, 0.1) is 10.7 Å². The van der Waals surface area contributed by atoms with E-state index in [0.29, 0.717) is 6.04 Å².